The number of carbonyl (C=O) groups is 1. The van der Waals surface area contributed by atoms with Crippen LogP contribution in [0, 0.1) is 12.7 Å². The van der Waals surface area contributed by atoms with Crippen molar-refractivity contribution in [3.8, 4) is 11.4 Å². The Morgan fingerprint density at radius 3 is 2.41 bits per heavy atom. The maximum atomic E-state index is 13.2. The van der Waals surface area contributed by atoms with Gasteiger partial charge in [0.25, 0.3) is 5.91 Å². The van der Waals surface area contributed by atoms with Gasteiger partial charge in [0, 0.05) is 23.4 Å². The monoisotopic (exact) mass is 389 g/mol. The van der Waals surface area contributed by atoms with Gasteiger partial charge >= 0.3 is 0 Å². The van der Waals surface area contributed by atoms with Gasteiger partial charge in [-0.05, 0) is 31.2 Å². The summed E-state index contributed by atoms with van der Waals surface area (Å²) < 4.78 is 18.1. The number of rotatable bonds is 5. The van der Waals surface area contributed by atoms with E-state index in [1.807, 2.05) is 30.3 Å². The number of aryl methyl sites for hydroxylation is 1. The highest BCUT2D eigenvalue weighted by Gasteiger charge is 2.15. The Labute approximate surface area is 165 Å². The van der Waals surface area contributed by atoms with E-state index < -0.39 is 5.91 Å². The molecule has 0 radical (unpaired) electrons. The molecule has 0 bridgehead atoms. The molecule has 0 aliphatic carbocycles. The molecule has 0 unspecified atom stereocenters. The van der Waals surface area contributed by atoms with Gasteiger partial charge in [-0.1, -0.05) is 35.5 Å². The molecule has 2 N–H and O–H groups in total. The molecule has 4 rings (SSSR count). The van der Waals surface area contributed by atoms with Crippen LogP contribution in [0.1, 0.15) is 16.2 Å². The maximum Gasteiger partial charge on any atom is 0.275 e. The fraction of sp³-hybridized carbons (Fsp3) is 0.0476. The molecule has 0 atom stereocenters. The lowest BCUT2D eigenvalue weighted by Crippen LogP contribution is -2.15. The second-order valence-electron chi connectivity index (χ2n) is 6.24. The van der Waals surface area contributed by atoms with E-state index in [2.05, 4.69) is 25.8 Å². The summed E-state index contributed by atoms with van der Waals surface area (Å²) in [5.74, 6) is 0.837. The van der Waals surface area contributed by atoms with Crippen LogP contribution in [0.5, 0.6) is 0 Å². The molecule has 144 valence electrons. The summed E-state index contributed by atoms with van der Waals surface area (Å²) in [7, 11) is 0. The van der Waals surface area contributed by atoms with Crippen LogP contribution in [-0.4, -0.2) is 21.0 Å². The zero-order valence-corrected chi connectivity index (χ0v) is 15.4. The highest BCUT2D eigenvalue weighted by atomic mass is 19.1. The molecular weight excluding hydrogens is 373 g/mol. The highest BCUT2D eigenvalue weighted by Crippen LogP contribution is 2.21. The fourth-order valence-corrected chi connectivity index (χ4v) is 2.63. The zero-order valence-electron chi connectivity index (χ0n) is 15.4. The van der Waals surface area contributed by atoms with Crippen LogP contribution in [0.25, 0.3) is 11.4 Å². The van der Waals surface area contributed by atoms with E-state index in [1.54, 1.807) is 25.1 Å². The Bertz CT molecular complexity index is 1140. The first kappa shape index (κ1) is 18.3. The second kappa shape index (κ2) is 7.89. The number of benzene rings is 2. The Morgan fingerprint density at radius 1 is 0.966 bits per heavy atom. The third kappa shape index (κ3) is 4.44. The quantitative estimate of drug-likeness (QED) is 0.519. The van der Waals surface area contributed by atoms with E-state index in [9.17, 15) is 9.18 Å². The van der Waals surface area contributed by atoms with Crippen molar-refractivity contribution >= 4 is 23.2 Å². The third-order valence-corrected chi connectivity index (χ3v) is 3.98. The van der Waals surface area contributed by atoms with E-state index in [4.69, 9.17) is 4.52 Å². The van der Waals surface area contributed by atoms with Crippen molar-refractivity contribution in [3.63, 3.8) is 0 Å². The van der Waals surface area contributed by atoms with E-state index in [1.165, 1.54) is 18.2 Å². The number of anilines is 3. The Kier molecular flexibility index (Phi) is 4.98. The van der Waals surface area contributed by atoms with Gasteiger partial charge in [-0.15, -0.1) is 0 Å². The molecule has 0 spiro atoms. The minimum Gasteiger partial charge on any atom is -0.360 e. The number of nitrogens with one attached hydrogen (secondary N) is 2. The Balaban J connectivity index is 1.69. The van der Waals surface area contributed by atoms with Crippen LogP contribution in [0.4, 0.5) is 21.7 Å². The Morgan fingerprint density at radius 2 is 1.72 bits per heavy atom. The van der Waals surface area contributed by atoms with Gasteiger partial charge in [-0.3, -0.25) is 4.79 Å². The lowest BCUT2D eigenvalue weighted by molar-refractivity contribution is 0.102. The summed E-state index contributed by atoms with van der Waals surface area (Å²) in [6, 6.07) is 18.2. The number of aromatic nitrogens is 3. The van der Waals surface area contributed by atoms with Gasteiger partial charge in [0.1, 0.15) is 23.1 Å². The summed E-state index contributed by atoms with van der Waals surface area (Å²) >= 11 is 0. The molecule has 8 heteroatoms. The standard InChI is InChI=1S/C21H16FN5O2/c1-13-11-19(27-29-13)26-21(28)17-12-18(23-16-9-7-15(22)8-10-16)25-20(24-17)14-5-3-2-4-6-14/h2-12H,1H3,(H,23,24,25)(H,26,27,28). The van der Waals surface area contributed by atoms with Crippen molar-refractivity contribution in [2.75, 3.05) is 10.6 Å². The van der Waals surface area contributed by atoms with Crippen LogP contribution in [0.3, 0.4) is 0 Å². The first-order chi connectivity index (χ1) is 14.1. The topological polar surface area (TPSA) is 92.9 Å². The molecule has 0 aliphatic heterocycles. The van der Waals surface area contributed by atoms with Gasteiger partial charge in [0.05, 0.1) is 0 Å². The molecule has 29 heavy (non-hydrogen) atoms. The summed E-state index contributed by atoms with van der Waals surface area (Å²) in [5, 5.41) is 9.48. The van der Waals surface area contributed by atoms with Gasteiger partial charge in [-0.2, -0.15) is 0 Å². The average molecular weight is 389 g/mol. The number of halogens is 1. The van der Waals surface area contributed by atoms with Gasteiger partial charge in [-0.25, -0.2) is 14.4 Å². The molecule has 0 aliphatic rings. The summed E-state index contributed by atoms with van der Waals surface area (Å²) in [6.45, 7) is 1.73. The predicted molar refractivity (Wildman–Crippen MR) is 106 cm³/mol. The van der Waals surface area contributed by atoms with Crippen molar-refractivity contribution in [1.29, 1.82) is 0 Å². The van der Waals surface area contributed by atoms with E-state index in [-0.39, 0.29) is 11.5 Å². The largest absolute Gasteiger partial charge is 0.360 e. The molecule has 1 amide bonds. The highest BCUT2D eigenvalue weighted by molar-refractivity contribution is 6.03. The fourth-order valence-electron chi connectivity index (χ4n) is 2.63. The van der Waals surface area contributed by atoms with Crippen molar-refractivity contribution in [2.45, 2.75) is 6.92 Å². The first-order valence-corrected chi connectivity index (χ1v) is 8.78. The summed E-state index contributed by atoms with van der Waals surface area (Å²) in [4.78, 5) is 21.6. The van der Waals surface area contributed by atoms with Crippen molar-refractivity contribution in [3.05, 3.63) is 84.0 Å². The molecule has 2 heterocycles. The summed E-state index contributed by atoms with van der Waals surface area (Å²) in [5.41, 5.74) is 1.52. The molecule has 2 aromatic heterocycles. The minimum atomic E-state index is -0.458. The second-order valence-corrected chi connectivity index (χ2v) is 6.24. The van der Waals surface area contributed by atoms with Crippen LogP contribution in [0.15, 0.2) is 71.3 Å². The number of hydrogen-bond acceptors (Lipinski definition) is 6. The van der Waals surface area contributed by atoms with E-state index in [0.29, 0.717) is 28.9 Å². The van der Waals surface area contributed by atoms with Gasteiger partial charge in [0.15, 0.2) is 11.6 Å². The van der Waals surface area contributed by atoms with Crippen LogP contribution >= 0.6 is 0 Å². The molecule has 0 fully saturated rings. The normalized spacial score (nSPS) is 10.6. The summed E-state index contributed by atoms with van der Waals surface area (Å²) in [6.07, 6.45) is 0. The third-order valence-electron chi connectivity index (χ3n) is 3.98. The number of carbonyl (C=O) groups excluding carboxylic acids is 1. The molecule has 4 aromatic rings. The van der Waals surface area contributed by atoms with Crippen molar-refractivity contribution < 1.29 is 13.7 Å². The predicted octanol–water partition coefficient (Wildman–Crippen LogP) is 4.58. The van der Waals surface area contributed by atoms with Crippen LogP contribution in [0.2, 0.25) is 0 Å². The number of amides is 1. The number of hydrogen-bond donors (Lipinski definition) is 2. The smallest absolute Gasteiger partial charge is 0.275 e. The molecule has 0 saturated carbocycles. The van der Waals surface area contributed by atoms with Gasteiger partial charge < -0.3 is 15.2 Å². The zero-order chi connectivity index (χ0) is 20.2. The number of nitrogens with zero attached hydrogens (tertiary/aromatic N) is 3. The lowest BCUT2D eigenvalue weighted by atomic mass is 10.2. The lowest BCUT2D eigenvalue weighted by Gasteiger charge is -2.10. The van der Waals surface area contributed by atoms with Crippen LogP contribution < -0.4 is 10.6 Å². The molecule has 2 aromatic carbocycles. The van der Waals surface area contributed by atoms with Crippen molar-refractivity contribution in [2.24, 2.45) is 0 Å². The average Bonchev–Trinajstić information content (AvgIpc) is 3.14. The molecular formula is C21H16FN5O2. The van der Waals surface area contributed by atoms with Crippen molar-refractivity contribution in [1.82, 2.24) is 15.1 Å². The van der Waals surface area contributed by atoms with E-state index >= 15 is 0 Å². The SMILES string of the molecule is Cc1cc(NC(=O)c2cc(Nc3ccc(F)cc3)nc(-c3ccccc3)n2)no1. The Hall–Kier alpha value is -4.07. The maximum absolute atomic E-state index is 13.2. The minimum absolute atomic E-state index is 0.143. The first-order valence-electron chi connectivity index (χ1n) is 8.78. The van der Waals surface area contributed by atoms with E-state index in [0.717, 1.165) is 5.56 Å². The molecule has 7 nitrogen and oxygen atoms in total. The molecule has 0 saturated heterocycles. The van der Waals surface area contributed by atoms with Gasteiger partial charge in [0.2, 0.25) is 0 Å². The van der Waals surface area contributed by atoms with Crippen LogP contribution in [-0.2, 0) is 0 Å².